The fourth-order valence-electron chi connectivity index (χ4n) is 2.91. The van der Waals surface area contributed by atoms with Gasteiger partial charge in [0.1, 0.15) is 0 Å². The molecular weight excluding hydrogens is 342 g/mol. The Morgan fingerprint density at radius 1 is 1.32 bits per heavy atom. The van der Waals surface area contributed by atoms with Crippen molar-refractivity contribution in [3.63, 3.8) is 0 Å². The lowest BCUT2D eigenvalue weighted by atomic mass is 10.1. The molecule has 0 spiro atoms. The highest BCUT2D eigenvalue weighted by atomic mass is 79.9. The summed E-state index contributed by atoms with van der Waals surface area (Å²) in [5.74, 6) is 0. The number of aromatic nitrogens is 2. The molecule has 1 saturated heterocycles. The molecule has 1 aromatic heterocycles. The van der Waals surface area contributed by atoms with Gasteiger partial charge in [0, 0.05) is 43.0 Å². The predicted octanol–water partition coefficient (Wildman–Crippen LogP) is 3.85. The van der Waals surface area contributed by atoms with Crippen molar-refractivity contribution in [3.05, 3.63) is 46.7 Å². The highest BCUT2D eigenvalue weighted by molar-refractivity contribution is 9.10. The van der Waals surface area contributed by atoms with Crippen LogP contribution < -0.4 is 4.90 Å². The Bertz CT molecular complexity index is 607. The van der Waals surface area contributed by atoms with E-state index in [9.17, 15) is 0 Å². The van der Waals surface area contributed by atoms with Gasteiger partial charge in [0.05, 0.1) is 11.9 Å². The van der Waals surface area contributed by atoms with Gasteiger partial charge in [0.25, 0.3) is 0 Å². The Labute approximate surface area is 140 Å². The molecule has 0 aliphatic carbocycles. The number of hydrogen-bond acceptors (Lipinski definition) is 3. The summed E-state index contributed by atoms with van der Waals surface area (Å²) in [7, 11) is 0. The molecule has 1 fully saturated rings. The summed E-state index contributed by atoms with van der Waals surface area (Å²) >= 11 is 3.67. The van der Waals surface area contributed by atoms with Crippen molar-refractivity contribution in [1.82, 2.24) is 9.78 Å². The number of aryl methyl sites for hydroxylation is 1. The van der Waals surface area contributed by atoms with Crippen LogP contribution in [0.2, 0.25) is 0 Å². The van der Waals surface area contributed by atoms with Crippen molar-refractivity contribution >= 4 is 21.6 Å². The molecule has 0 atom stereocenters. The lowest BCUT2D eigenvalue weighted by Crippen LogP contribution is -2.39. The molecule has 0 N–H and O–H groups in total. The Morgan fingerprint density at radius 3 is 2.77 bits per heavy atom. The van der Waals surface area contributed by atoms with Crippen LogP contribution >= 0.6 is 15.9 Å². The minimum atomic E-state index is 0.510. The smallest absolute Gasteiger partial charge is 0.0758 e. The van der Waals surface area contributed by atoms with E-state index in [0.717, 1.165) is 43.6 Å². The molecule has 2 heterocycles. The molecule has 5 heteroatoms. The Morgan fingerprint density at radius 2 is 2.09 bits per heavy atom. The molecule has 1 aliphatic rings. The van der Waals surface area contributed by atoms with Crippen molar-refractivity contribution in [2.75, 3.05) is 18.1 Å². The quantitative estimate of drug-likeness (QED) is 0.807. The number of anilines is 1. The molecule has 0 radical (unpaired) electrons. The van der Waals surface area contributed by atoms with Gasteiger partial charge in [0.15, 0.2) is 0 Å². The van der Waals surface area contributed by atoms with E-state index < -0.39 is 0 Å². The third kappa shape index (κ3) is 3.52. The molecule has 3 rings (SSSR count). The summed E-state index contributed by atoms with van der Waals surface area (Å²) in [6, 6.07) is 8.95. The molecule has 1 aliphatic heterocycles. The zero-order valence-electron chi connectivity index (χ0n) is 12.9. The van der Waals surface area contributed by atoms with Crippen LogP contribution in [0.25, 0.3) is 0 Å². The number of nitrogens with zero attached hydrogens (tertiary/aromatic N) is 3. The summed E-state index contributed by atoms with van der Waals surface area (Å²) in [5, 5.41) is 4.45. The van der Waals surface area contributed by atoms with Crippen LogP contribution in [0.5, 0.6) is 0 Å². The largest absolute Gasteiger partial charge is 0.381 e. The number of hydrogen-bond donors (Lipinski definition) is 0. The zero-order chi connectivity index (χ0) is 15.4. The van der Waals surface area contributed by atoms with Gasteiger partial charge in [-0.15, -0.1) is 0 Å². The number of ether oxygens (including phenoxy) is 1. The summed E-state index contributed by atoms with van der Waals surface area (Å²) < 4.78 is 8.68. The Kier molecular flexibility index (Phi) is 5.16. The van der Waals surface area contributed by atoms with Crippen LogP contribution in [-0.2, 0) is 17.8 Å². The maximum atomic E-state index is 5.53. The van der Waals surface area contributed by atoms with E-state index >= 15 is 0 Å². The van der Waals surface area contributed by atoms with E-state index in [1.54, 1.807) is 0 Å². The summed E-state index contributed by atoms with van der Waals surface area (Å²) in [4.78, 5) is 2.47. The van der Waals surface area contributed by atoms with Crippen LogP contribution in [0.1, 0.15) is 25.3 Å². The summed E-state index contributed by atoms with van der Waals surface area (Å²) in [5.41, 5.74) is 2.50. The average molecular weight is 364 g/mol. The molecule has 1 aromatic carbocycles. The first-order valence-electron chi connectivity index (χ1n) is 7.88. The second-order valence-electron chi connectivity index (χ2n) is 5.62. The van der Waals surface area contributed by atoms with E-state index in [-0.39, 0.29) is 0 Å². The van der Waals surface area contributed by atoms with Gasteiger partial charge < -0.3 is 9.64 Å². The van der Waals surface area contributed by atoms with Gasteiger partial charge in [-0.25, -0.2) is 0 Å². The first kappa shape index (κ1) is 15.6. The van der Waals surface area contributed by atoms with E-state index in [0.29, 0.717) is 6.04 Å². The molecule has 0 bridgehead atoms. The zero-order valence-corrected chi connectivity index (χ0v) is 14.5. The standard InChI is InChI=1S/C17H22BrN3O/c1-2-20-13-16(11-19-20)21(15-7-9-22-10-8-15)12-14-5-3-4-6-17(14)18/h3-6,11,13,15H,2,7-10,12H2,1H3. The fourth-order valence-corrected chi connectivity index (χ4v) is 3.32. The van der Waals surface area contributed by atoms with Crippen LogP contribution in [0.4, 0.5) is 5.69 Å². The summed E-state index contributed by atoms with van der Waals surface area (Å²) in [6.45, 7) is 5.60. The third-order valence-corrected chi connectivity index (χ3v) is 4.98. The van der Waals surface area contributed by atoms with Gasteiger partial charge in [0.2, 0.25) is 0 Å². The van der Waals surface area contributed by atoms with Gasteiger partial charge in [-0.05, 0) is 31.4 Å². The van der Waals surface area contributed by atoms with E-state index in [4.69, 9.17) is 4.74 Å². The van der Waals surface area contributed by atoms with Crippen molar-refractivity contribution in [3.8, 4) is 0 Å². The molecule has 2 aromatic rings. The Balaban J connectivity index is 1.86. The lowest BCUT2D eigenvalue weighted by Gasteiger charge is -2.35. The average Bonchev–Trinajstić information content (AvgIpc) is 3.04. The molecular formula is C17H22BrN3O. The Hall–Kier alpha value is -1.33. The minimum absolute atomic E-state index is 0.510. The molecule has 0 unspecified atom stereocenters. The first-order chi connectivity index (χ1) is 10.8. The van der Waals surface area contributed by atoms with E-state index in [2.05, 4.69) is 63.3 Å². The van der Waals surface area contributed by atoms with Crippen LogP contribution in [0, 0.1) is 0 Å². The highest BCUT2D eigenvalue weighted by Crippen LogP contribution is 2.27. The van der Waals surface area contributed by atoms with Crippen molar-refractivity contribution in [2.24, 2.45) is 0 Å². The number of halogens is 1. The van der Waals surface area contributed by atoms with E-state index in [1.165, 1.54) is 11.3 Å². The van der Waals surface area contributed by atoms with Gasteiger partial charge >= 0.3 is 0 Å². The maximum Gasteiger partial charge on any atom is 0.0758 e. The third-order valence-electron chi connectivity index (χ3n) is 4.21. The van der Waals surface area contributed by atoms with Crippen LogP contribution in [-0.4, -0.2) is 29.0 Å². The predicted molar refractivity (Wildman–Crippen MR) is 92.1 cm³/mol. The summed E-state index contributed by atoms with van der Waals surface area (Å²) in [6.07, 6.45) is 6.27. The van der Waals surface area contributed by atoms with Crippen molar-refractivity contribution < 1.29 is 4.74 Å². The fraction of sp³-hybridized carbons (Fsp3) is 0.471. The molecule has 0 amide bonds. The van der Waals surface area contributed by atoms with Crippen molar-refractivity contribution in [2.45, 2.75) is 38.9 Å². The second-order valence-corrected chi connectivity index (χ2v) is 6.47. The van der Waals surface area contributed by atoms with E-state index in [1.807, 2.05) is 10.9 Å². The first-order valence-corrected chi connectivity index (χ1v) is 8.67. The topological polar surface area (TPSA) is 30.3 Å². The highest BCUT2D eigenvalue weighted by Gasteiger charge is 2.23. The maximum absolute atomic E-state index is 5.53. The van der Waals surface area contributed by atoms with Gasteiger partial charge in [-0.2, -0.15) is 5.10 Å². The van der Waals surface area contributed by atoms with Crippen molar-refractivity contribution in [1.29, 1.82) is 0 Å². The number of benzene rings is 1. The second kappa shape index (κ2) is 7.29. The monoisotopic (exact) mass is 363 g/mol. The van der Waals surface area contributed by atoms with Crippen LogP contribution in [0.3, 0.4) is 0 Å². The SMILES string of the molecule is CCn1cc(N(Cc2ccccc2Br)C2CCOCC2)cn1. The molecule has 0 saturated carbocycles. The number of rotatable bonds is 5. The van der Waals surface area contributed by atoms with Gasteiger partial charge in [-0.1, -0.05) is 34.1 Å². The molecule has 4 nitrogen and oxygen atoms in total. The molecule has 22 heavy (non-hydrogen) atoms. The van der Waals surface area contributed by atoms with Crippen LogP contribution in [0.15, 0.2) is 41.1 Å². The minimum Gasteiger partial charge on any atom is -0.381 e. The lowest BCUT2D eigenvalue weighted by molar-refractivity contribution is 0.0841. The normalized spacial score (nSPS) is 15.9. The molecule has 118 valence electrons. The van der Waals surface area contributed by atoms with Gasteiger partial charge in [-0.3, -0.25) is 4.68 Å².